The number of hydrogen-bond acceptors (Lipinski definition) is 2. The highest BCUT2D eigenvalue weighted by atomic mass is 79.9. The number of hydrogen-bond donors (Lipinski definition) is 1. The average Bonchev–Trinajstić information content (AvgIpc) is 2.47. The zero-order valence-corrected chi connectivity index (χ0v) is 13.7. The van der Waals surface area contributed by atoms with Crippen LogP contribution in [0.1, 0.15) is 56.6 Å². The Bertz CT molecular complexity index is 494. The first-order valence-corrected chi connectivity index (χ1v) is 8.66. The van der Waals surface area contributed by atoms with Crippen LogP contribution in [-0.4, -0.2) is 17.3 Å². The Balaban J connectivity index is 1.76. The number of benzene rings is 1. The third kappa shape index (κ3) is 3.33. The van der Waals surface area contributed by atoms with Crippen molar-refractivity contribution in [2.75, 3.05) is 6.61 Å². The van der Waals surface area contributed by atoms with Crippen molar-refractivity contribution >= 4 is 15.9 Å². The Kier molecular flexibility index (Phi) is 4.67. The first-order valence-electron chi connectivity index (χ1n) is 7.87. The Morgan fingerprint density at radius 3 is 2.76 bits per heavy atom. The quantitative estimate of drug-likeness (QED) is 0.828. The van der Waals surface area contributed by atoms with Crippen LogP contribution in [-0.2, 0) is 4.74 Å². The Morgan fingerprint density at radius 2 is 2.05 bits per heavy atom. The maximum Gasteiger partial charge on any atom is 0.130 e. The van der Waals surface area contributed by atoms with Gasteiger partial charge in [-0.3, -0.25) is 0 Å². The Hall–Kier alpha value is -0.450. The van der Waals surface area contributed by atoms with Crippen LogP contribution in [0.2, 0.25) is 0 Å². The van der Waals surface area contributed by atoms with Crippen molar-refractivity contribution in [1.29, 1.82) is 0 Å². The molecule has 1 saturated heterocycles. The predicted molar refractivity (Wildman–Crippen MR) is 83.6 cm³/mol. The van der Waals surface area contributed by atoms with E-state index in [0.29, 0.717) is 16.6 Å². The van der Waals surface area contributed by atoms with Crippen molar-refractivity contribution in [3.05, 3.63) is 34.1 Å². The van der Waals surface area contributed by atoms with Crippen molar-refractivity contribution in [1.82, 2.24) is 0 Å². The van der Waals surface area contributed by atoms with Crippen molar-refractivity contribution < 1.29 is 14.2 Å². The lowest BCUT2D eigenvalue weighted by Gasteiger charge is -2.44. The molecule has 1 aromatic rings. The van der Waals surface area contributed by atoms with E-state index in [-0.39, 0.29) is 17.3 Å². The molecule has 1 aromatic carbocycles. The zero-order chi connectivity index (χ0) is 14.9. The molecule has 1 heterocycles. The zero-order valence-electron chi connectivity index (χ0n) is 12.2. The molecule has 21 heavy (non-hydrogen) atoms. The van der Waals surface area contributed by atoms with Gasteiger partial charge in [-0.1, -0.05) is 41.3 Å². The van der Waals surface area contributed by atoms with E-state index in [1.54, 1.807) is 12.1 Å². The molecule has 2 nitrogen and oxygen atoms in total. The van der Waals surface area contributed by atoms with Crippen LogP contribution in [0.5, 0.6) is 0 Å². The van der Waals surface area contributed by atoms with Gasteiger partial charge in [0, 0.05) is 16.6 Å². The lowest BCUT2D eigenvalue weighted by Crippen LogP contribution is -2.42. The molecule has 3 rings (SSSR count). The number of rotatable bonds is 2. The molecule has 2 fully saturated rings. The van der Waals surface area contributed by atoms with E-state index in [4.69, 9.17) is 4.74 Å². The standard InChI is InChI=1S/C17H22BrFO2/c18-13-4-5-14(15(19)10-13)16(20)12-6-9-21-17(11-12)7-2-1-3-8-17/h4-5,10,12,16,20H,1-3,6-9,11H2. The van der Waals surface area contributed by atoms with Crippen LogP contribution in [0.25, 0.3) is 0 Å². The predicted octanol–water partition coefficient (Wildman–Crippen LogP) is 4.75. The molecule has 0 amide bonds. The molecule has 1 aliphatic heterocycles. The highest BCUT2D eigenvalue weighted by Crippen LogP contribution is 2.44. The van der Waals surface area contributed by atoms with Gasteiger partial charge < -0.3 is 9.84 Å². The lowest BCUT2D eigenvalue weighted by molar-refractivity contribution is -0.134. The second kappa shape index (κ2) is 6.35. The van der Waals surface area contributed by atoms with Crippen LogP contribution in [0.3, 0.4) is 0 Å². The van der Waals surface area contributed by atoms with E-state index in [2.05, 4.69) is 15.9 Å². The van der Waals surface area contributed by atoms with Crippen molar-refractivity contribution in [2.45, 2.75) is 56.7 Å². The van der Waals surface area contributed by atoms with Crippen LogP contribution < -0.4 is 0 Å². The molecule has 116 valence electrons. The van der Waals surface area contributed by atoms with Crippen LogP contribution in [0, 0.1) is 11.7 Å². The molecule has 2 aliphatic rings. The minimum atomic E-state index is -0.735. The summed E-state index contributed by atoms with van der Waals surface area (Å²) in [5, 5.41) is 10.6. The van der Waals surface area contributed by atoms with Crippen LogP contribution in [0.4, 0.5) is 4.39 Å². The smallest absolute Gasteiger partial charge is 0.130 e. The maximum absolute atomic E-state index is 14.1. The first kappa shape index (κ1) is 15.4. The highest BCUT2D eigenvalue weighted by molar-refractivity contribution is 9.10. The second-order valence-electron chi connectivity index (χ2n) is 6.46. The summed E-state index contributed by atoms with van der Waals surface area (Å²) in [6.45, 7) is 0.680. The Labute approximate surface area is 133 Å². The van der Waals surface area contributed by atoms with Crippen molar-refractivity contribution in [3.8, 4) is 0 Å². The normalized spacial score (nSPS) is 26.7. The van der Waals surface area contributed by atoms with Gasteiger partial charge in [0.05, 0.1) is 11.7 Å². The molecule has 1 saturated carbocycles. The van der Waals surface area contributed by atoms with Gasteiger partial charge in [-0.05, 0) is 43.7 Å². The monoisotopic (exact) mass is 356 g/mol. The van der Waals surface area contributed by atoms with Gasteiger partial charge in [0.1, 0.15) is 5.82 Å². The second-order valence-corrected chi connectivity index (χ2v) is 7.37. The molecule has 1 spiro atoms. The van der Waals surface area contributed by atoms with E-state index in [0.717, 1.165) is 25.7 Å². The molecule has 1 aliphatic carbocycles. The molecule has 1 N–H and O–H groups in total. The summed E-state index contributed by atoms with van der Waals surface area (Å²) >= 11 is 3.26. The maximum atomic E-state index is 14.1. The third-order valence-corrected chi connectivity index (χ3v) is 5.52. The molecule has 2 atom stereocenters. The molecule has 0 bridgehead atoms. The summed E-state index contributed by atoms with van der Waals surface area (Å²) in [5.41, 5.74) is 0.351. The molecule has 4 heteroatoms. The van der Waals surface area contributed by atoms with E-state index in [1.165, 1.54) is 25.3 Å². The van der Waals surface area contributed by atoms with Crippen LogP contribution >= 0.6 is 15.9 Å². The SMILES string of the molecule is OC(c1ccc(Br)cc1F)C1CCOC2(CCCCC2)C1. The minimum Gasteiger partial charge on any atom is -0.388 e. The van der Waals surface area contributed by atoms with Gasteiger partial charge in [-0.15, -0.1) is 0 Å². The largest absolute Gasteiger partial charge is 0.388 e. The van der Waals surface area contributed by atoms with E-state index < -0.39 is 6.10 Å². The summed E-state index contributed by atoms with van der Waals surface area (Å²) in [6.07, 6.45) is 6.77. The summed E-state index contributed by atoms with van der Waals surface area (Å²) in [7, 11) is 0. The van der Waals surface area contributed by atoms with Gasteiger partial charge in [-0.25, -0.2) is 4.39 Å². The third-order valence-electron chi connectivity index (χ3n) is 5.02. The van der Waals surface area contributed by atoms with Gasteiger partial charge in [0.2, 0.25) is 0 Å². The fraction of sp³-hybridized carbons (Fsp3) is 0.647. The summed E-state index contributed by atoms with van der Waals surface area (Å²) < 4.78 is 20.8. The topological polar surface area (TPSA) is 29.5 Å². The summed E-state index contributed by atoms with van der Waals surface area (Å²) in [6, 6.07) is 4.90. The number of ether oxygens (including phenoxy) is 1. The fourth-order valence-corrected chi connectivity index (χ4v) is 4.21. The van der Waals surface area contributed by atoms with Gasteiger partial charge in [0.15, 0.2) is 0 Å². The van der Waals surface area contributed by atoms with Gasteiger partial charge in [-0.2, -0.15) is 0 Å². The van der Waals surface area contributed by atoms with Crippen molar-refractivity contribution in [3.63, 3.8) is 0 Å². The number of aliphatic hydroxyl groups is 1. The minimum absolute atomic E-state index is 0.0615. The fourth-order valence-electron chi connectivity index (χ4n) is 3.88. The average molecular weight is 357 g/mol. The van der Waals surface area contributed by atoms with E-state index in [1.807, 2.05) is 0 Å². The number of halogens is 2. The lowest BCUT2D eigenvalue weighted by atomic mass is 9.74. The Morgan fingerprint density at radius 1 is 1.29 bits per heavy atom. The molecular formula is C17H22BrFO2. The summed E-state index contributed by atoms with van der Waals surface area (Å²) in [5.74, 6) is -0.242. The molecular weight excluding hydrogens is 335 g/mol. The summed E-state index contributed by atoms with van der Waals surface area (Å²) in [4.78, 5) is 0. The van der Waals surface area contributed by atoms with E-state index >= 15 is 0 Å². The van der Waals surface area contributed by atoms with Gasteiger partial charge in [0.25, 0.3) is 0 Å². The first-order chi connectivity index (χ1) is 10.1. The number of aliphatic hydroxyl groups excluding tert-OH is 1. The van der Waals surface area contributed by atoms with Crippen LogP contribution in [0.15, 0.2) is 22.7 Å². The molecule has 2 unspecified atom stereocenters. The van der Waals surface area contributed by atoms with Crippen molar-refractivity contribution in [2.24, 2.45) is 5.92 Å². The molecule has 0 aromatic heterocycles. The highest BCUT2D eigenvalue weighted by Gasteiger charge is 2.41. The molecule has 0 radical (unpaired) electrons. The van der Waals surface area contributed by atoms with E-state index in [9.17, 15) is 9.50 Å². The van der Waals surface area contributed by atoms with Gasteiger partial charge >= 0.3 is 0 Å².